The van der Waals surface area contributed by atoms with Gasteiger partial charge in [-0.15, -0.1) is 0 Å². The summed E-state index contributed by atoms with van der Waals surface area (Å²) < 4.78 is 15.4. The molecule has 0 unspecified atom stereocenters. The van der Waals surface area contributed by atoms with Gasteiger partial charge in [0.1, 0.15) is 11.0 Å². The fourth-order valence-electron chi connectivity index (χ4n) is 3.13. The third-order valence-electron chi connectivity index (χ3n) is 4.49. The molecule has 146 valence electrons. The van der Waals surface area contributed by atoms with Gasteiger partial charge in [0.15, 0.2) is 5.65 Å². The highest BCUT2D eigenvalue weighted by Gasteiger charge is 2.13. The van der Waals surface area contributed by atoms with Crippen LogP contribution in [0.2, 0.25) is 5.15 Å². The van der Waals surface area contributed by atoms with E-state index in [9.17, 15) is 14.3 Å². The summed E-state index contributed by atoms with van der Waals surface area (Å²) in [6.45, 7) is 4.01. The zero-order chi connectivity index (χ0) is 20.7. The number of halogens is 2. The minimum absolute atomic E-state index is 0.0486. The lowest BCUT2D eigenvalue weighted by Crippen LogP contribution is -2.03. The molecule has 0 atom stereocenters. The van der Waals surface area contributed by atoms with E-state index in [0.29, 0.717) is 27.4 Å². The normalized spacial score (nSPS) is 11.9. The van der Waals surface area contributed by atoms with Gasteiger partial charge in [-0.1, -0.05) is 11.6 Å². The highest BCUT2D eigenvalue weighted by molar-refractivity contribution is 6.31. The van der Waals surface area contributed by atoms with Crippen molar-refractivity contribution in [2.75, 3.05) is 0 Å². The summed E-state index contributed by atoms with van der Waals surface area (Å²) in [5.41, 5.74) is 2.01. The first-order valence-corrected chi connectivity index (χ1v) is 9.26. The summed E-state index contributed by atoms with van der Waals surface area (Å²) >= 11 is 6.33. The Morgan fingerprint density at radius 3 is 2.72 bits per heavy atom. The molecule has 0 aliphatic heterocycles. The van der Waals surface area contributed by atoms with Crippen molar-refractivity contribution < 1.29 is 14.3 Å². The van der Waals surface area contributed by atoms with Crippen LogP contribution in [0.4, 0.5) is 4.39 Å². The summed E-state index contributed by atoms with van der Waals surface area (Å²) in [5, 5.41) is 15.3. The van der Waals surface area contributed by atoms with Crippen LogP contribution in [0, 0.1) is 5.82 Å². The molecule has 0 aliphatic rings. The maximum Gasteiger partial charge on any atom is 0.336 e. The average molecular weight is 411 g/mol. The molecule has 1 aromatic carbocycles. The van der Waals surface area contributed by atoms with Crippen molar-refractivity contribution >= 4 is 51.7 Å². The van der Waals surface area contributed by atoms with E-state index in [1.165, 1.54) is 24.3 Å². The van der Waals surface area contributed by atoms with Crippen LogP contribution in [0.15, 0.2) is 36.5 Å². The lowest BCUT2D eigenvalue weighted by molar-refractivity contribution is 0.0699. The van der Waals surface area contributed by atoms with Crippen molar-refractivity contribution in [2.45, 2.75) is 19.9 Å². The smallest absolute Gasteiger partial charge is 0.336 e. The minimum Gasteiger partial charge on any atom is -0.478 e. The Morgan fingerprint density at radius 1 is 1.21 bits per heavy atom. The molecule has 29 heavy (non-hydrogen) atoms. The maximum absolute atomic E-state index is 13.6. The molecule has 0 radical (unpaired) electrons. The number of carboxylic acid groups (broad SMARTS) is 1. The van der Waals surface area contributed by atoms with E-state index in [2.05, 4.69) is 15.1 Å². The number of rotatable bonds is 4. The molecule has 4 aromatic rings. The molecule has 6 nitrogen and oxygen atoms in total. The number of fused-ring (bicyclic) bond motifs is 2. The summed E-state index contributed by atoms with van der Waals surface area (Å²) in [4.78, 5) is 20.4. The number of nitrogens with zero attached hydrogens (tertiary/aromatic N) is 4. The molecular weight excluding hydrogens is 395 g/mol. The van der Waals surface area contributed by atoms with Gasteiger partial charge in [-0.25, -0.2) is 23.8 Å². The van der Waals surface area contributed by atoms with Gasteiger partial charge in [-0.3, -0.25) is 0 Å². The number of pyridine rings is 2. The third kappa shape index (κ3) is 3.56. The summed E-state index contributed by atoms with van der Waals surface area (Å²) in [7, 11) is 0. The zero-order valence-electron chi connectivity index (χ0n) is 15.6. The molecule has 0 amide bonds. The first-order chi connectivity index (χ1) is 13.8. The first-order valence-electron chi connectivity index (χ1n) is 8.89. The number of aromatic nitrogens is 4. The molecule has 0 spiro atoms. The molecule has 4 rings (SSSR count). The fraction of sp³-hybridized carbons (Fsp3) is 0.143. The van der Waals surface area contributed by atoms with Crippen LogP contribution < -0.4 is 0 Å². The Balaban J connectivity index is 1.78. The molecule has 0 bridgehead atoms. The predicted molar refractivity (Wildman–Crippen MR) is 111 cm³/mol. The maximum atomic E-state index is 13.6. The molecule has 8 heteroatoms. The molecule has 0 saturated heterocycles. The van der Waals surface area contributed by atoms with E-state index in [-0.39, 0.29) is 17.1 Å². The highest BCUT2D eigenvalue weighted by Crippen LogP contribution is 2.25. The number of aromatic carboxylic acids is 1. The molecule has 0 fully saturated rings. The van der Waals surface area contributed by atoms with Crippen molar-refractivity contribution in [2.24, 2.45) is 0 Å². The summed E-state index contributed by atoms with van der Waals surface area (Å²) in [6.07, 6.45) is 5.04. The lowest BCUT2D eigenvalue weighted by Gasteiger charge is -2.07. The van der Waals surface area contributed by atoms with Crippen LogP contribution in [0.1, 0.15) is 41.5 Å². The van der Waals surface area contributed by atoms with E-state index in [0.717, 1.165) is 5.39 Å². The molecular formula is C21H16ClFN4O2. The monoisotopic (exact) mass is 410 g/mol. The summed E-state index contributed by atoms with van der Waals surface area (Å²) in [6, 6.07) is 7.27. The van der Waals surface area contributed by atoms with Gasteiger partial charge in [0.25, 0.3) is 0 Å². The van der Waals surface area contributed by atoms with Crippen molar-refractivity contribution in [3.8, 4) is 0 Å². The molecule has 3 aromatic heterocycles. The second-order valence-corrected chi connectivity index (χ2v) is 7.22. The Hall–Kier alpha value is -3.32. The minimum atomic E-state index is -1.11. The second kappa shape index (κ2) is 7.25. The van der Waals surface area contributed by atoms with E-state index in [4.69, 9.17) is 11.6 Å². The van der Waals surface area contributed by atoms with Crippen molar-refractivity contribution in [3.05, 3.63) is 64.3 Å². The first kappa shape index (κ1) is 19.0. The zero-order valence-corrected chi connectivity index (χ0v) is 16.4. The van der Waals surface area contributed by atoms with Gasteiger partial charge in [0, 0.05) is 28.4 Å². The van der Waals surface area contributed by atoms with Crippen molar-refractivity contribution in [3.63, 3.8) is 0 Å². The number of hydrogen-bond acceptors (Lipinski definition) is 4. The van der Waals surface area contributed by atoms with E-state index in [1.54, 1.807) is 23.0 Å². The Kier molecular flexibility index (Phi) is 4.76. The molecule has 0 aliphatic carbocycles. The fourth-order valence-corrected chi connectivity index (χ4v) is 3.32. The average Bonchev–Trinajstić information content (AvgIpc) is 3.07. The van der Waals surface area contributed by atoms with Crippen LogP contribution in [0.3, 0.4) is 0 Å². The quantitative estimate of drug-likeness (QED) is 0.466. The summed E-state index contributed by atoms with van der Waals surface area (Å²) in [5.74, 6) is -1.59. The SMILES string of the molecule is CC(C)n1ncc2cc(C=Cc3cc(C(=O)O)c4ccc(F)cc4n3)c(Cl)nc21. The number of carboxylic acids is 1. The van der Waals surface area contributed by atoms with Crippen LogP contribution in [0.25, 0.3) is 34.1 Å². The van der Waals surface area contributed by atoms with Gasteiger partial charge < -0.3 is 5.11 Å². The van der Waals surface area contributed by atoms with Gasteiger partial charge in [0.2, 0.25) is 0 Å². The topological polar surface area (TPSA) is 80.9 Å². The highest BCUT2D eigenvalue weighted by atomic mass is 35.5. The predicted octanol–water partition coefficient (Wildman–Crippen LogP) is 5.22. The number of hydrogen-bond donors (Lipinski definition) is 1. The molecule has 3 heterocycles. The van der Waals surface area contributed by atoms with Crippen LogP contribution in [0.5, 0.6) is 0 Å². The standard InChI is InChI=1S/C21H16ClFN4O2/c1-11(2)27-20-13(10-24-27)7-12(19(22)26-20)3-5-15-9-17(21(28)29)16-6-4-14(23)8-18(16)25-15/h3-11H,1-2H3,(H,28,29). The third-order valence-corrected chi connectivity index (χ3v) is 4.80. The van der Waals surface area contributed by atoms with E-state index < -0.39 is 11.8 Å². The Labute approximate surface area is 170 Å². The van der Waals surface area contributed by atoms with Crippen LogP contribution >= 0.6 is 11.6 Å². The number of carbonyl (C=O) groups is 1. The Morgan fingerprint density at radius 2 is 2.00 bits per heavy atom. The second-order valence-electron chi connectivity index (χ2n) is 6.86. The van der Waals surface area contributed by atoms with E-state index in [1.807, 2.05) is 19.9 Å². The lowest BCUT2D eigenvalue weighted by atomic mass is 10.1. The van der Waals surface area contributed by atoms with Crippen LogP contribution in [-0.2, 0) is 0 Å². The number of benzene rings is 1. The van der Waals surface area contributed by atoms with E-state index >= 15 is 0 Å². The van der Waals surface area contributed by atoms with Crippen molar-refractivity contribution in [1.29, 1.82) is 0 Å². The van der Waals surface area contributed by atoms with Gasteiger partial charge >= 0.3 is 5.97 Å². The largest absolute Gasteiger partial charge is 0.478 e. The van der Waals surface area contributed by atoms with Gasteiger partial charge in [-0.2, -0.15) is 5.10 Å². The molecule has 0 saturated carbocycles. The van der Waals surface area contributed by atoms with Gasteiger partial charge in [0.05, 0.1) is 23.0 Å². The molecule has 1 N–H and O–H groups in total. The van der Waals surface area contributed by atoms with Gasteiger partial charge in [-0.05, 0) is 50.3 Å². The van der Waals surface area contributed by atoms with Crippen LogP contribution in [-0.4, -0.2) is 30.8 Å². The van der Waals surface area contributed by atoms with Crippen molar-refractivity contribution in [1.82, 2.24) is 19.7 Å². The Bertz CT molecular complexity index is 1300.